The lowest BCUT2D eigenvalue weighted by Crippen LogP contribution is -2.41. The van der Waals surface area contributed by atoms with E-state index in [1.54, 1.807) is 19.1 Å². The Balaban J connectivity index is 2.48. The summed E-state index contributed by atoms with van der Waals surface area (Å²) in [6, 6.07) is 9.79. The van der Waals surface area contributed by atoms with E-state index in [1.165, 1.54) is 18.2 Å². The van der Waals surface area contributed by atoms with Crippen molar-refractivity contribution >= 4 is 21.6 Å². The smallest absolute Gasteiger partial charge is 0.354 e. The summed E-state index contributed by atoms with van der Waals surface area (Å²) < 4.78 is 66.3. The summed E-state index contributed by atoms with van der Waals surface area (Å²) in [7, 11) is -4.26. The second kappa shape index (κ2) is 8.86. The lowest BCUT2D eigenvalue weighted by atomic mass is 10.2. The van der Waals surface area contributed by atoms with Gasteiger partial charge in [0.15, 0.2) is 0 Å². The Hall–Kier alpha value is -2.55. The van der Waals surface area contributed by atoms with E-state index >= 15 is 0 Å². The molecule has 0 aliphatic rings. The maximum Gasteiger partial charge on any atom is 0.416 e. The maximum absolute atomic E-state index is 13.1. The molecule has 0 saturated carbocycles. The molecule has 0 fully saturated rings. The number of amides is 1. The predicted octanol–water partition coefficient (Wildman–Crippen LogP) is 3.98. The molecule has 2 rings (SSSR count). The van der Waals surface area contributed by atoms with Gasteiger partial charge in [0.2, 0.25) is 5.91 Å². The van der Waals surface area contributed by atoms with Gasteiger partial charge in [0, 0.05) is 6.54 Å². The third-order valence-corrected chi connectivity index (χ3v) is 5.85. The number of halogens is 3. The van der Waals surface area contributed by atoms with Crippen LogP contribution < -0.4 is 9.62 Å². The van der Waals surface area contributed by atoms with Crippen molar-refractivity contribution in [1.82, 2.24) is 5.32 Å². The average Bonchev–Trinajstić information content (AvgIpc) is 2.64. The molecule has 29 heavy (non-hydrogen) atoms. The molecule has 0 aliphatic heterocycles. The molecule has 1 N–H and O–H groups in total. The second-order valence-corrected chi connectivity index (χ2v) is 8.93. The summed E-state index contributed by atoms with van der Waals surface area (Å²) in [5.41, 5.74) is -0.411. The number of nitrogens with zero attached hydrogens (tertiary/aromatic N) is 1. The first-order chi connectivity index (χ1) is 13.4. The Morgan fingerprint density at radius 1 is 1.10 bits per heavy atom. The first kappa shape index (κ1) is 22.7. The summed E-state index contributed by atoms with van der Waals surface area (Å²) in [6.45, 7) is 5.20. The van der Waals surface area contributed by atoms with Gasteiger partial charge >= 0.3 is 6.18 Å². The molecule has 5 nitrogen and oxygen atoms in total. The fraction of sp³-hybridized carbons (Fsp3) is 0.350. The maximum atomic E-state index is 13.1. The Morgan fingerprint density at radius 2 is 1.72 bits per heavy atom. The number of anilines is 1. The number of alkyl halides is 3. The molecule has 9 heteroatoms. The fourth-order valence-electron chi connectivity index (χ4n) is 2.49. The molecule has 1 amide bonds. The van der Waals surface area contributed by atoms with E-state index in [2.05, 4.69) is 5.32 Å². The number of aryl methyl sites for hydroxylation is 1. The fourth-order valence-corrected chi connectivity index (χ4v) is 3.91. The highest BCUT2D eigenvalue weighted by molar-refractivity contribution is 7.92. The van der Waals surface area contributed by atoms with Crippen molar-refractivity contribution in [1.29, 1.82) is 0 Å². The van der Waals surface area contributed by atoms with Gasteiger partial charge < -0.3 is 5.32 Å². The average molecular weight is 428 g/mol. The quantitative estimate of drug-likeness (QED) is 0.726. The van der Waals surface area contributed by atoms with Crippen molar-refractivity contribution < 1.29 is 26.4 Å². The van der Waals surface area contributed by atoms with Gasteiger partial charge in [-0.05, 0) is 43.2 Å². The zero-order valence-corrected chi connectivity index (χ0v) is 17.1. The summed E-state index contributed by atoms with van der Waals surface area (Å²) in [4.78, 5) is 12.2. The van der Waals surface area contributed by atoms with Crippen molar-refractivity contribution in [3.63, 3.8) is 0 Å². The lowest BCUT2D eigenvalue weighted by molar-refractivity contribution is -0.137. The number of hydrogen-bond acceptors (Lipinski definition) is 3. The summed E-state index contributed by atoms with van der Waals surface area (Å²) in [5, 5.41) is 2.59. The van der Waals surface area contributed by atoms with Gasteiger partial charge in [0.1, 0.15) is 6.54 Å². The number of rotatable bonds is 7. The lowest BCUT2D eigenvalue weighted by Gasteiger charge is -2.25. The van der Waals surface area contributed by atoms with Crippen molar-refractivity contribution in [3.8, 4) is 0 Å². The minimum Gasteiger partial charge on any atom is -0.354 e. The van der Waals surface area contributed by atoms with Crippen LogP contribution in [0.3, 0.4) is 0 Å². The van der Waals surface area contributed by atoms with Gasteiger partial charge in [-0.1, -0.05) is 37.6 Å². The van der Waals surface area contributed by atoms with Crippen LogP contribution in [0.2, 0.25) is 0 Å². The molecule has 0 radical (unpaired) electrons. The van der Waals surface area contributed by atoms with Crippen molar-refractivity contribution in [2.45, 2.75) is 31.8 Å². The van der Waals surface area contributed by atoms with Crippen LogP contribution in [0.15, 0.2) is 53.4 Å². The van der Waals surface area contributed by atoms with Crippen LogP contribution in [0.4, 0.5) is 18.9 Å². The third-order valence-electron chi connectivity index (χ3n) is 4.07. The Bertz CT molecular complexity index is 956. The summed E-state index contributed by atoms with van der Waals surface area (Å²) in [6.07, 6.45) is -4.64. The highest BCUT2D eigenvalue weighted by Gasteiger charge is 2.33. The number of carbonyl (C=O) groups excluding carboxylic acids is 1. The zero-order chi connectivity index (χ0) is 21.8. The first-order valence-electron chi connectivity index (χ1n) is 8.94. The van der Waals surface area contributed by atoms with E-state index in [0.29, 0.717) is 10.8 Å². The number of nitrogens with one attached hydrogen (secondary N) is 1. The van der Waals surface area contributed by atoms with Gasteiger partial charge in [-0.2, -0.15) is 13.2 Å². The van der Waals surface area contributed by atoms with E-state index in [1.807, 2.05) is 13.8 Å². The summed E-state index contributed by atoms with van der Waals surface area (Å²) >= 11 is 0. The van der Waals surface area contributed by atoms with Crippen LogP contribution >= 0.6 is 0 Å². The topological polar surface area (TPSA) is 66.5 Å². The predicted molar refractivity (Wildman–Crippen MR) is 105 cm³/mol. The van der Waals surface area contributed by atoms with Crippen molar-refractivity contribution in [3.05, 3.63) is 59.7 Å². The Labute approximate surface area is 168 Å². The highest BCUT2D eigenvalue weighted by Crippen LogP contribution is 2.33. The molecule has 0 atom stereocenters. The molecule has 2 aromatic carbocycles. The van der Waals surface area contributed by atoms with Crippen LogP contribution in [0, 0.1) is 12.8 Å². The molecule has 0 saturated heterocycles. The molecular formula is C20H23F3N2O3S. The van der Waals surface area contributed by atoms with Gasteiger partial charge in [-0.3, -0.25) is 9.10 Å². The molecule has 2 aromatic rings. The van der Waals surface area contributed by atoms with Gasteiger partial charge in [-0.25, -0.2) is 8.42 Å². The highest BCUT2D eigenvalue weighted by atomic mass is 32.2. The van der Waals surface area contributed by atoms with Gasteiger partial charge in [-0.15, -0.1) is 0 Å². The molecule has 158 valence electrons. The number of carbonyl (C=O) groups is 1. The normalized spacial score (nSPS) is 12.1. The zero-order valence-electron chi connectivity index (χ0n) is 16.3. The molecule has 0 aromatic heterocycles. The van der Waals surface area contributed by atoms with Crippen molar-refractivity contribution in [2.24, 2.45) is 5.92 Å². The Morgan fingerprint density at radius 3 is 2.28 bits per heavy atom. The van der Waals surface area contributed by atoms with E-state index < -0.39 is 34.2 Å². The van der Waals surface area contributed by atoms with Crippen molar-refractivity contribution in [2.75, 3.05) is 17.4 Å². The molecule has 0 spiro atoms. The number of benzene rings is 2. The van der Waals surface area contributed by atoms with E-state index in [-0.39, 0.29) is 16.5 Å². The van der Waals surface area contributed by atoms with Gasteiger partial charge in [0.25, 0.3) is 10.0 Å². The van der Waals surface area contributed by atoms with E-state index in [0.717, 1.165) is 23.8 Å². The SMILES string of the molecule is Cc1ccc(S(=O)(=O)N(CC(=O)NCC(C)C)c2cccc(C(F)(F)F)c2)cc1. The van der Waals surface area contributed by atoms with Crippen LogP contribution in [-0.2, 0) is 21.0 Å². The molecule has 0 aliphatic carbocycles. The molecule has 0 heterocycles. The minimum absolute atomic E-state index is 0.114. The van der Waals surface area contributed by atoms with Gasteiger partial charge in [0.05, 0.1) is 16.1 Å². The Kier molecular flexibility index (Phi) is 6.94. The monoisotopic (exact) mass is 428 g/mol. The third kappa shape index (κ3) is 5.96. The largest absolute Gasteiger partial charge is 0.416 e. The summed E-state index contributed by atoms with van der Waals surface area (Å²) in [5.74, 6) is -0.471. The van der Waals surface area contributed by atoms with E-state index in [9.17, 15) is 26.4 Å². The minimum atomic E-state index is -4.64. The molecule has 0 unspecified atom stereocenters. The van der Waals surface area contributed by atoms with Crippen LogP contribution in [-0.4, -0.2) is 27.4 Å². The standard InChI is InChI=1S/C20H23F3N2O3S/c1-14(2)12-24-19(26)13-25(17-6-4-5-16(11-17)20(21,22)23)29(27,28)18-9-7-15(3)8-10-18/h4-11,14H,12-13H2,1-3H3,(H,24,26). The molecular weight excluding hydrogens is 405 g/mol. The van der Waals surface area contributed by atoms with Crippen LogP contribution in [0.1, 0.15) is 25.0 Å². The second-order valence-electron chi connectivity index (χ2n) is 7.07. The van der Waals surface area contributed by atoms with E-state index in [4.69, 9.17) is 0 Å². The number of sulfonamides is 1. The van der Waals surface area contributed by atoms with Crippen LogP contribution in [0.5, 0.6) is 0 Å². The van der Waals surface area contributed by atoms with Crippen LogP contribution in [0.25, 0.3) is 0 Å². The molecule has 0 bridgehead atoms. The number of hydrogen-bond donors (Lipinski definition) is 1. The first-order valence-corrected chi connectivity index (χ1v) is 10.4.